The van der Waals surface area contributed by atoms with Crippen LogP contribution in [0.1, 0.15) is 25.3 Å². The SMILES string of the molecule is COc1cc(NCC(=O)Nc2ccc(C(C)C)cc2)cc(OC)c1OC. The van der Waals surface area contributed by atoms with E-state index in [2.05, 4.69) is 24.5 Å². The molecule has 26 heavy (non-hydrogen) atoms. The van der Waals surface area contributed by atoms with Gasteiger partial charge in [-0.3, -0.25) is 4.79 Å². The molecule has 2 N–H and O–H groups in total. The summed E-state index contributed by atoms with van der Waals surface area (Å²) in [5.74, 6) is 1.88. The summed E-state index contributed by atoms with van der Waals surface area (Å²) in [6.07, 6.45) is 0. The monoisotopic (exact) mass is 358 g/mol. The third-order valence-electron chi connectivity index (χ3n) is 3.98. The first-order valence-electron chi connectivity index (χ1n) is 8.42. The molecular formula is C20H26N2O4. The Kier molecular flexibility index (Phi) is 6.72. The highest BCUT2D eigenvalue weighted by Gasteiger charge is 2.13. The summed E-state index contributed by atoms with van der Waals surface area (Å²) in [6, 6.07) is 11.4. The van der Waals surface area contributed by atoms with Gasteiger partial charge < -0.3 is 24.8 Å². The Bertz CT molecular complexity index is 717. The first kappa shape index (κ1) is 19.4. The summed E-state index contributed by atoms with van der Waals surface area (Å²) in [6.45, 7) is 4.38. The van der Waals surface area contributed by atoms with Gasteiger partial charge in [0.05, 0.1) is 27.9 Å². The average Bonchev–Trinajstić information content (AvgIpc) is 2.65. The van der Waals surface area contributed by atoms with Crippen molar-refractivity contribution < 1.29 is 19.0 Å². The summed E-state index contributed by atoms with van der Waals surface area (Å²) in [5.41, 5.74) is 2.70. The van der Waals surface area contributed by atoms with E-state index in [9.17, 15) is 4.79 Å². The highest BCUT2D eigenvalue weighted by atomic mass is 16.5. The van der Waals surface area contributed by atoms with Gasteiger partial charge in [0, 0.05) is 23.5 Å². The molecule has 2 aromatic carbocycles. The van der Waals surface area contributed by atoms with Gasteiger partial charge in [-0.15, -0.1) is 0 Å². The number of methoxy groups -OCH3 is 3. The van der Waals surface area contributed by atoms with E-state index < -0.39 is 0 Å². The number of amides is 1. The summed E-state index contributed by atoms with van der Waals surface area (Å²) in [4.78, 5) is 12.2. The maximum atomic E-state index is 12.2. The predicted octanol–water partition coefficient (Wildman–Crippen LogP) is 3.89. The molecule has 2 aromatic rings. The number of carbonyl (C=O) groups excluding carboxylic acids is 1. The maximum Gasteiger partial charge on any atom is 0.243 e. The van der Waals surface area contributed by atoms with Gasteiger partial charge in [0.2, 0.25) is 11.7 Å². The van der Waals surface area contributed by atoms with Gasteiger partial charge in [0.15, 0.2) is 11.5 Å². The van der Waals surface area contributed by atoms with Gasteiger partial charge in [-0.25, -0.2) is 0 Å². The average molecular weight is 358 g/mol. The molecule has 6 nitrogen and oxygen atoms in total. The lowest BCUT2D eigenvalue weighted by molar-refractivity contribution is -0.114. The van der Waals surface area contributed by atoms with E-state index in [1.807, 2.05) is 24.3 Å². The van der Waals surface area contributed by atoms with Crippen LogP contribution in [-0.2, 0) is 4.79 Å². The van der Waals surface area contributed by atoms with Gasteiger partial charge in [0.1, 0.15) is 0 Å². The Labute approximate surface area is 154 Å². The molecule has 0 aliphatic carbocycles. The zero-order valence-corrected chi connectivity index (χ0v) is 15.9. The van der Waals surface area contributed by atoms with Gasteiger partial charge in [-0.1, -0.05) is 26.0 Å². The molecular weight excluding hydrogens is 332 g/mol. The fourth-order valence-electron chi connectivity index (χ4n) is 2.52. The Balaban J connectivity index is 2.00. The molecule has 0 saturated heterocycles. The fourth-order valence-corrected chi connectivity index (χ4v) is 2.52. The second kappa shape index (κ2) is 8.99. The number of benzene rings is 2. The van der Waals surface area contributed by atoms with E-state index in [1.165, 1.54) is 5.56 Å². The van der Waals surface area contributed by atoms with Gasteiger partial charge >= 0.3 is 0 Å². The number of hydrogen-bond donors (Lipinski definition) is 2. The topological polar surface area (TPSA) is 68.8 Å². The van der Waals surface area contributed by atoms with Crippen molar-refractivity contribution in [2.45, 2.75) is 19.8 Å². The lowest BCUT2D eigenvalue weighted by Crippen LogP contribution is -2.21. The molecule has 0 aliphatic rings. The molecule has 0 saturated carbocycles. The molecule has 0 spiro atoms. The summed E-state index contributed by atoms with van der Waals surface area (Å²) < 4.78 is 15.9. The number of rotatable bonds is 8. The van der Waals surface area contributed by atoms with Crippen LogP contribution in [0.5, 0.6) is 17.2 Å². The van der Waals surface area contributed by atoms with E-state index >= 15 is 0 Å². The predicted molar refractivity (Wildman–Crippen MR) is 104 cm³/mol. The molecule has 2 rings (SSSR count). The van der Waals surface area contributed by atoms with E-state index in [0.717, 1.165) is 5.69 Å². The third-order valence-corrected chi connectivity index (χ3v) is 3.98. The van der Waals surface area contributed by atoms with Gasteiger partial charge in [0.25, 0.3) is 0 Å². The van der Waals surface area contributed by atoms with Crippen LogP contribution in [0.25, 0.3) is 0 Å². The van der Waals surface area contributed by atoms with Crippen molar-refractivity contribution in [1.82, 2.24) is 0 Å². The van der Waals surface area contributed by atoms with Crippen molar-refractivity contribution in [2.75, 3.05) is 38.5 Å². The number of nitrogens with one attached hydrogen (secondary N) is 2. The molecule has 0 atom stereocenters. The third kappa shape index (κ3) is 4.81. The zero-order valence-electron chi connectivity index (χ0n) is 15.9. The van der Waals surface area contributed by atoms with Crippen molar-refractivity contribution in [3.63, 3.8) is 0 Å². The van der Waals surface area contributed by atoms with E-state index in [-0.39, 0.29) is 12.5 Å². The van der Waals surface area contributed by atoms with Crippen LogP contribution in [0.4, 0.5) is 11.4 Å². The number of ether oxygens (including phenoxy) is 3. The molecule has 0 unspecified atom stereocenters. The van der Waals surface area contributed by atoms with Crippen molar-refractivity contribution in [1.29, 1.82) is 0 Å². The largest absolute Gasteiger partial charge is 0.493 e. The standard InChI is InChI=1S/C20H26N2O4/c1-13(2)14-6-8-15(9-7-14)22-19(23)12-21-16-10-17(24-3)20(26-5)18(11-16)25-4/h6-11,13,21H,12H2,1-5H3,(H,22,23). The molecule has 0 bridgehead atoms. The minimum absolute atomic E-state index is 0.116. The van der Waals surface area contributed by atoms with Crippen LogP contribution in [0, 0.1) is 0 Å². The zero-order chi connectivity index (χ0) is 19.1. The maximum absolute atomic E-state index is 12.2. The van der Waals surface area contributed by atoms with Crippen molar-refractivity contribution >= 4 is 17.3 Å². The van der Waals surface area contributed by atoms with E-state index in [1.54, 1.807) is 33.5 Å². The molecule has 0 heterocycles. The Morgan fingerprint density at radius 1 is 0.923 bits per heavy atom. The summed E-state index contributed by atoms with van der Waals surface area (Å²) in [7, 11) is 4.65. The van der Waals surface area contributed by atoms with Crippen LogP contribution >= 0.6 is 0 Å². The first-order chi connectivity index (χ1) is 12.5. The minimum atomic E-state index is -0.143. The highest BCUT2D eigenvalue weighted by molar-refractivity contribution is 5.93. The van der Waals surface area contributed by atoms with Crippen molar-refractivity contribution in [3.8, 4) is 17.2 Å². The van der Waals surface area contributed by atoms with Crippen molar-refractivity contribution in [3.05, 3.63) is 42.0 Å². The number of anilines is 2. The lowest BCUT2D eigenvalue weighted by Gasteiger charge is -2.15. The van der Waals surface area contributed by atoms with Crippen LogP contribution < -0.4 is 24.8 Å². The number of hydrogen-bond acceptors (Lipinski definition) is 5. The molecule has 1 amide bonds. The Morgan fingerprint density at radius 2 is 1.50 bits per heavy atom. The smallest absolute Gasteiger partial charge is 0.243 e. The molecule has 140 valence electrons. The van der Waals surface area contributed by atoms with Gasteiger partial charge in [-0.2, -0.15) is 0 Å². The molecule has 0 radical (unpaired) electrons. The van der Waals surface area contributed by atoms with Crippen molar-refractivity contribution in [2.24, 2.45) is 0 Å². The van der Waals surface area contributed by atoms with Crippen LogP contribution in [0.3, 0.4) is 0 Å². The van der Waals surface area contributed by atoms with E-state index in [0.29, 0.717) is 28.9 Å². The number of carbonyl (C=O) groups is 1. The van der Waals surface area contributed by atoms with Gasteiger partial charge in [-0.05, 0) is 23.6 Å². The summed E-state index contributed by atoms with van der Waals surface area (Å²) >= 11 is 0. The second-order valence-electron chi connectivity index (χ2n) is 6.09. The van der Waals surface area contributed by atoms with E-state index in [4.69, 9.17) is 14.2 Å². The minimum Gasteiger partial charge on any atom is -0.493 e. The Hall–Kier alpha value is -2.89. The molecule has 6 heteroatoms. The van der Waals surface area contributed by atoms with Crippen LogP contribution in [0.2, 0.25) is 0 Å². The highest BCUT2D eigenvalue weighted by Crippen LogP contribution is 2.39. The Morgan fingerprint density at radius 3 is 1.96 bits per heavy atom. The second-order valence-corrected chi connectivity index (χ2v) is 6.09. The lowest BCUT2D eigenvalue weighted by atomic mass is 10.0. The summed E-state index contributed by atoms with van der Waals surface area (Å²) in [5, 5.41) is 5.94. The van der Waals surface area contributed by atoms with Crippen LogP contribution in [-0.4, -0.2) is 33.8 Å². The molecule has 0 aromatic heterocycles. The quantitative estimate of drug-likeness (QED) is 0.749. The molecule has 0 aliphatic heterocycles. The first-order valence-corrected chi connectivity index (χ1v) is 8.42. The normalized spacial score (nSPS) is 10.4. The molecule has 0 fully saturated rings. The van der Waals surface area contributed by atoms with Crippen LogP contribution in [0.15, 0.2) is 36.4 Å². The fraction of sp³-hybridized carbons (Fsp3) is 0.350.